The lowest BCUT2D eigenvalue weighted by Crippen LogP contribution is -2.17. The second-order valence-electron chi connectivity index (χ2n) is 13.8. The van der Waals surface area contributed by atoms with Gasteiger partial charge in [-0.15, -0.1) is 4.51 Å². The van der Waals surface area contributed by atoms with Gasteiger partial charge in [-0.25, -0.2) is 0 Å². The Kier molecular flexibility index (Phi) is 14.1. The van der Waals surface area contributed by atoms with Gasteiger partial charge in [-0.2, -0.15) is 0 Å². The summed E-state index contributed by atoms with van der Waals surface area (Å²) in [6.07, 6.45) is 0. The van der Waals surface area contributed by atoms with Gasteiger partial charge in [0.2, 0.25) is 5.75 Å². The first kappa shape index (κ1) is 44.9. The third-order valence-corrected chi connectivity index (χ3v) is 15.8. The Morgan fingerprint density at radius 2 is 0.794 bits per heavy atom. The molecule has 0 bridgehead atoms. The number of phenols is 4. The van der Waals surface area contributed by atoms with Crippen LogP contribution in [0.2, 0.25) is 0 Å². The van der Waals surface area contributed by atoms with E-state index >= 15 is 0 Å². The van der Waals surface area contributed by atoms with E-state index in [4.69, 9.17) is 42.1 Å². The zero-order chi connectivity index (χ0) is 46.7. The van der Waals surface area contributed by atoms with Crippen LogP contribution in [-0.2, 0) is 0 Å². The van der Waals surface area contributed by atoms with E-state index in [1.54, 1.807) is 164 Å². The SMILES string of the molecule is Oc1ccccc1Oc1cccc(Op2npn(Oc3ccccc3O)p(Oc3ccccc3O)n(Oc3ccccc3)p(Oc3ccccc3)n2Oc2ccccc2)c1Oc1ccccc1O. The smallest absolute Gasteiger partial charge is 0.321 e. The first-order valence-corrected chi connectivity index (χ1v) is 24.7. The van der Waals surface area contributed by atoms with Crippen molar-refractivity contribution in [1.82, 2.24) is 17.3 Å². The second-order valence-corrected chi connectivity index (χ2v) is 19.9. The van der Waals surface area contributed by atoms with Crippen LogP contribution in [0.15, 0.2) is 206 Å². The first-order valence-electron chi connectivity index (χ1n) is 20.4. The Hall–Kier alpha value is -8.24. The van der Waals surface area contributed by atoms with Crippen molar-refractivity contribution in [2.45, 2.75) is 0 Å². The quantitative estimate of drug-likeness (QED) is 0.0718. The maximum atomic E-state index is 11.2. The van der Waals surface area contributed by atoms with Gasteiger partial charge in [0, 0.05) is 0 Å². The molecule has 3 atom stereocenters. The monoisotopic (exact) mass is 986 g/mol. The summed E-state index contributed by atoms with van der Waals surface area (Å²) >= 11 is 0. The van der Waals surface area contributed by atoms with E-state index in [2.05, 4.69) is 0 Å². The summed E-state index contributed by atoms with van der Waals surface area (Å²) < 4.78 is 42.6. The van der Waals surface area contributed by atoms with Gasteiger partial charge in [0.25, 0.3) is 0 Å². The van der Waals surface area contributed by atoms with Gasteiger partial charge in [-0.05, 0) is 106 Å². The van der Waals surface area contributed by atoms with Crippen molar-refractivity contribution in [3.8, 4) is 80.5 Å². The number of rotatable bonds is 16. The van der Waals surface area contributed by atoms with Crippen LogP contribution in [0.1, 0.15) is 0 Å². The molecule has 9 rings (SSSR count). The molecular formula is C48H38N4O12P4. The molecule has 342 valence electrons. The third kappa shape index (κ3) is 10.9. The largest absolute Gasteiger partial charge is 0.504 e. The van der Waals surface area contributed by atoms with Crippen LogP contribution >= 0.6 is 32.7 Å². The fraction of sp³-hybridized carbons (Fsp3) is 0. The Bertz CT molecular complexity index is 3220. The fourth-order valence-electron chi connectivity index (χ4n) is 5.91. The number of aromatic nitrogens is 4. The molecule has 20 heteroatoms. The number of para-hydroxylation sites is 12. The predicted octanol–water partition coefficient (Wildman–Crippen LogP) is 13.7. The van der Waals surface area contributed by atoms with E-state index < -0.39 is 24.2 Å². The Morgan fingerprint density at radius 3 is 1.35 bits per heavy atom. The van der Waals surface area contributed by atoms with E-state index in [0.717, 1.165) is 0 Å². The molecule has 0 spiro atoms. The highest BCUT2D eigenvalue weighted by Crippen LogP contribution is 2.51. The first-order chi connectivity index (χ1) is 33.4. The lowest BCUT2D eigenvalue weighted by atomic mass is 10.2. The number of benzene rings is 8. The van der Waals surface area contributed by atoms with Crippen LogP contribution in [0, 0.1) is 0 Å². The maximum Gasteiger partial charge on any atom is 0.321 e. The van der Waals surface area contributed by atoms with Crippen LogP contribution in [-0.4, -0.2) is 37.7 Å². The minimum atomic E-state index is -2.55. The van der Waals surface area contributed by atoms with Crippen molar-refractivity contribution in [3.63, 3.8) is 0 Å². The molecule has 0 amide bonds. The van der Waals surface area contributed by atoms with Crippen molar-refractivity contribution >= 4 is 32.7 Å². The van der Waals surface area contributed by atoms with Gasteiger partial charge in [0.1, 0.15) is 5.75 Å². The summed E-state index contributed by atoms with van der Waals surface area (Å²) in [6.45, 7) is 0. The predicted molar refractivity (Wildman–Crippen MR) is 259 cm³/mol. The highest BCUT2D eigenvalue weighted by Gasteiger charge is 2.27. The van der Waals surface area contributed by atoms with Crippen molar-refractivity contribution in [2.75, 3.05) is 0 Å². The molecule has 0 aliphatic rings. The van der Waals surface area contributed by atoms with Gasteiger partial charge in [0.15, 0.2) is 77.5 Å². The van der Waals surface area contributed by atoms with E-state index in [1.807, 2.05) is 18.2 Å². The number of hydrogen-bond donors (Lipinski definition) is 4. The minimum Gasteiger partial charge on any atom is -0.504 e. The van der Waals surface area contributed by atoms with E-state index in [-0.39, 0.29) is 71.8 Å². The number of phenolic OH excluding ortho intramolecular Hbond substituents is 4. The highest BCUT2D eigenvalue weighted by atomic mass is 31.2. The second kappa shape index (κ2) is 21.4. The highest BCUT2D eigenvalue weighted by molar-refractivity contribution is 7.57. The number of aromatic hydroxyl groups is 4. The molecule has 4 N–H and O–H groups in total. The number of nitrogens with zero attached hydrogens (tertiary/aromatic N) is 4. The molecular weight excluding hydrogens is 948 g/mol. The third-order valence-electron chi connectivity index (χ3n) is 9.09. The fourth-order valence-corrected chi connectivity index (χ4v) is 13.1. The molecule has 0 aliphatic heterocycles. The van der Waals surface area contributed by atoms with Gasteiger partial charge in [-0.3, -0.25) is 0 Å². The molecule has 1 aromatic heterocycles. The van der Waals surface area contributed by atoms with Crippen LogP contribution in [0.5, 0.6) is 80.5 Å². The average molecular weight is 987 g/mol. The van der Waals surface area contributed by atoms with Crippen LogP contribution in [0.3, 0.4) is 0 Å². The van der Waals surface area contributed by atoms with Crippen LogP contribution in [0.25, 0.3) is 0 Å². The minimum absolute atomic E-state index is 0.00546. The molecule has 0 saturated heterocycles. The summed E-state index contributed by atoms with van der Waals surface area (Å²) in [4.78, 5) is 20.2. The molecule has 68 heavy (non-hydrogen) atoms. The number of ether oxygens (including phenoxy) is 2. The van der Waals surface area contributed by atoms with Gasteiger partial charge in [0.05, 0.1) is 0 Å². The molecule has 0 aliphatic carbocycles. The van der Waals surface area contributed by atoms with Crippen molar-refractivity contribution < 1.29 is 58.0 Å². The molecule has 16 nitrogen and oxygen atoms in total. The molecule has 0 fully saturated rings. The molecule has 0 saturated carbocycles. The van der Waals surface area contributed by atoms with Crippen molar-refractivity contribution in [3.05, 3.63) is 206 Å². The zero-order valence-electron chi connectivity index (χ0n) is 35.3. The van der Waals surface area contributed by atoms with Crippen LogP contribution in [0.4, 0.5) is 0 Å². The zero-order valence-corrected chi connectivity index (χ0v) is 38.8. The standard InChI is InChI=1S/C48H38N4O12P4/c53-38-25-10-14-29-42(38)57-46-33-18-34-47(48(46)58-43-30-15-11-26-39(43)54)63-66-49-65-50(61-44-31-16-12-27-40(44)55)67(64-45-32-17-13-28-41(45)56)52(60-36-21-6-2-7-22-36)68(62-37-23-8-3-9-24-37)51(66)59-35-19-4-1-5-20-35/h1-34,53-56H. The summed E-state index contributed by atoms with van der Waals surface area (Å²) in [5.41, 5.74) is 0. The van der Waals surface area contributed by atoms with E-state index in [1.165, 1.54) is 37.0 Å². The molecule has 1 heterocycles. The van der Waals surface area contributed by atoms with Gasteiger partial charge in [-0.1, -0.05) is 113 Å². The van der Waals surface area contributed by atoms with Gasteiger partial charge < -0.3 is 58.0 Å². The summed E-state index contributed by atoms with van der Waals surface area (Å²) in [6, 6.07) is 57.2. The Balaban J connectivity index is 1.37. The van der Waals surface area contributed by atoms with Crippen molar-refractivity contribution in [1.29, 1.82) is 0 Å². The summed E-state index contributed by atoms with van der Waals surface area (Å²) in [5, 5.41) is 43.9. The normalized spacial score (nSPS) is 11.5. The number of hydrogen-bond acceptors (Lipinski definition) is 13. The van der Waals surface area contributed by atoms with Crippen molar-refractivity contribution in [2.24, 2.45) is 0 Å². The van der Waals surface area contributed by atoms with E-state index in [0.29, 0.717) is 17.2 Å². The average Bonchev–Trinajstić information content (AvgIpc) is 3.36. The molecule has 9 aromatic rings. The maximum absolute atomic E-state index is 11.2. The Labute approximate surface area is 393 Å². The topological polar surface area (TPSA) is 182 Å². The molecule has 3 unspecified atom stereocenters. The lowest BCUT2D eigenvalue weighted by Gasteiger charge is -2.24. The summed E-state index contributed by atoms with van der Waals surface area (Å²) in [5.74, 6) is 0.803. The Morgan fingerprint density at radius 1 is 0.353 bits per heavy atom. The lowest BCUT2D eigenvalue weighted by molar-refractivity contribution is 0.216. The molecule has 8 aromatic carbocycles. The van der Waals surface area contributed by atoms with Crippen LogP contribution < -0.4 is 37.6 Å². The van der Waals surface area contributed by atoms with Gasteiger partial charge >= 0.3 is 24.2 Å². The summed E-state index contributed by atoms with van der Waals surface area (Å²) in [7, 11) is -7.55. The van der Waals surface area contributed by atoms with E-state index in [9.17, 15) is 20.4 Å². The molecule has 0 radical (unpaired) electrons.